The van der Waals surface area contributed by atoms with E-state index in [1.165, 1.54) is 11.1 Å². The van der Waals surface area contributed by atoms with E-state index >= 15 is 0 Å². The lowest BCUT2D eigenvalue weighted by molar-refractivity contribution is 0.669. The predicted molar refractivity (Wildman–Crippen MR) is 169 cm³/mol. The molecule has 3 heteroatoms. The summed E-state index contributed by atoms with van der Waals surface area (Å²) in [5.41, 5.74) is 10.1. The van der Waals surface area contributed by atoms with Gasteiger partial charge in [-0.05, 0) is 46.5 Å². The molecule has 0 aliphatic carbocycles. The number of furan rings is 1. The highest BCUT2D eigenvalue weighted by Gasteiger charge is 2.19. The van der Waals surface area contributed by atoms with Crippen LogP contribution in [-0.2, 0) is 0 Å². The minimum atomic E-state index is 0.682. The summed E-state index contributed by atoms with van der Waals surface area (Å²) in [6.07, 6.45) is 0. The van der Waals surface area contributed by atoms with Crippen molar-refractivity contribution >= 4 is 32.8 Å². The van der Waals surface area contributed by atoms with Gasteiger partial charge in [0.05, 0.1) is 11.2 Å². The van der Waals surface area contributed by atoms with E-state index in [0.29, 0.717) is 5.82 Å². The molecule has 0 saturated carbocycles. The fourth-order valence-corrected chi connectivity index (χ4v) is 5.70. The summed E-state index contributed by atoms with van der Waals surface area (Å²) in [6.45, 7) is 0. The van der Waals surface area contributed by atoms with Crippen LogP contribution in [0.15, 0.2) is 150 Å². The molecule has 8 rings (SSSR count). The Morgan fingerprint density at radius 2 is 1.00 bits per heavy atom. The molecule has 0 fully saturated rings. The molecule has 0 bridgehead atoms. The summed E-state index contributed by atoms with van der Waals surface area (Å²) in [6, 6.07) is 50.2. The van der Waals surface area contributed by atoms with Crippen molar-refractivity contribution in [3.8, 4) is 44.9 Å². The second-order valence-electron chi connectivity index (χ2n) is 10.2. The first kappa shape index (κ1) is 23.4. The van der Waals surface area contributed by atoms with Crippen LogP contribution in [0, 0.1) is 0 Å². The van der Waals surface area contributed by atoms with Crippen LogP contribution in [0.4, 0.5) is 0 Å². The molecule has 192 valence electrons. The van der Waals surface area contributed by atoms with Crippen molar-refractivity contribution < 1.29 is 4.42 Å². The molecule has 41 heavy (non-hydrogen) atoms. The number of hydrogen-bond acceptors (Lipinski definition) is 3. The second kappa shape index (κ2) is 9.58. The summed E-state index contributed by atoms with van der Waals surface area (Å²) < 4.78 is 6.42. The lowest BCUT2D eigenvalue weighted by atomic mass is 9.96. The van der Waals surface area contributed by atoms with Gasteiger partial charge in [-0.25, -0.2) is 9.97 Å². The van der Waals surface area contributed by atoms with E-state index in [9.17, 15) is 0 Å². The summed E-state index contributed by atoms with van der Waals surface area (Å²) in [4.78, 5) is 10.3. The fourth-order valence-electron chi connectivity index (χ4n) is 5.70. The van der Waals surface area contributed by atoms with Gasteiger partial charge in [0.15, 0.2) is 5.82 Å². The number of fused-ring (bicyclic) bond motifs is 4. The molecule has 0 aliphatic rings. The number of para-hydroxylation sites is 2. The van der Waals surface area contributed by atoms with E-state index in [1.54, 1.807) is 0 Å². The molecule has 0 radical (unpaired) electrons. The maximum Gasteiger partial charge on any atom is 0.161 e. The van der Waals surface area contributed by atoms with Gasteiger partial charge in [-0.15, -0.1) is 0 Å². The largest absolute Gasteiger partial charge is 0.456 e. The Morgan fingerprint density at radius 3 is 1.76 bits per heavy atom. The maximum absolute atomic E-state index is 6.42. The SMILES string of the molecule is c1ccc(-c2ccc(-c3cc(-c4nc(-c5ccccc5)c5ccccc5n4)c4c(c3)oc3ccccc34)cc2)cc1. The number of aromatic nitrogens is 2. The molecule has 2 aromatic heterocycles. The van der Waals surface area contributed by atoms with Crippen molar-refractivity contribution in [1.29, 1.82) is 0 Å². The van der Waals surface area contributed by atoms with Gasteiger partial charge in [0.25, 0.3) is 0 Å². The van der Waals surface area contributed by atoms with Crippen molar-refractivity contribution in [3.05, 3.63) is 146 Å². The minimum absolute atomic E-state index is 0.682. The lowest BCUT2D eigenvalue weighted by Gasteiger charge is -2.12. The van der Waals surface area contributed by atoms with Crippen molar-refractivity contribution in [2.24, 2.45) is 0 Å². The van der Waals surface area contributed by atoms with Crippen LogP contribution >= 0.6 is 0 Å². The normalized spacial score (nSPS) is 11.4. The highest BCUT2D eigenvalue weighted by molar-refractivity contribution is 6.13. The van der Waals surface area contributed by atoms with Crippen LogP contribution in [0.25, 0.3) is 77.7 Å². The number of nitrogens with zero attached hydrogens (tertiary/aromatic N) is 2. The van der Waals surface area contributed by atoms with Gasteiger partial charge < -0.3 is 4.42 Å². The Labute approximate surface area is 237 Å². The average Bonchev–Trinajstić information content (AvgIpc) is 3.43. The standard InChI is InChI=1S/C38H24N2O/c1-3-11-25(12-4-1)26-19-21-27(22-20-26)29-23-32(36-31-16-8-10-18-34(31)41-35(36)24-29)38-39-33-17-9-7-15-30(33)37(40-38)28-13-5-2-6-14-28/h1-24H. The molecule has 0 N–H and O–H groups in total. The van der Waals surface area contributed by atoms with Gasteiger partial charge in [0, 0.05) is 27.3 Å². The Kier molecular flexibility index (Phi) is 5.46. The van der Waals surface area contributed by atoms with Gasteiger partial charge >= 0.3 is 0 Å². The van der Waals surface area contributed by atoms with E-state index in [1.807, 2.05) is 54.6 Å². The van der Waals surface area contributed by atoms with Crippen molar-refractivity contribution in [2.45, 2.75) is 0 Å². The first-order chi connectivity index (χ1) is 20.3. The molecule has 0 atom stereocenters. The van der Waals surface area contributed by atoms with E-state index in [4.69, 9.17) is 14.4 Å². The van der Waals surface area contributed by atoms with E-state index in [-0.39, 0.29) is 0 Å². The van der Waals surface area contributed by atoms with Crippen LogP contribution < -0.4 is 0 Å². The third-order valence-electron chi connectivity index (χ3n) is 7.70. The molecule has 3 nitrogen and oxygen atoms in total. The van der Waals surface area contributed by atoms with Crippen molar-refractivity contribution in [1.82, 2.24) is 9.97 Å². The molecule has 6 aromatic carbocycles. The second-order valence-corrected chi connectivity index (χ2v) is 10.2. The highest BCUT2D eigenvalue weighted by Crippen LogP contribution is 2.40. The van der Waals surface area contributed by atoms with Gasteiger partial charge in [-0.3, -0.25) is 0 Å². The van der Waals surface area contributed by atoms with Crippen LogP contribution in [-0.4, -0.2) is 9.97 Å². The third kappa shape index (κ3) is 4.07. The zero-order valence-corrected chi connectivity index (χ0v) is 22.2. The smallest absolute Gasteiger partial charge is 0.161 e. The van der Waals surface area contributed by atoms with Gasteiger partial charge in [0.2, 0.25) is 0 Å². The molecule has 0 saturated heterocycles. The number of rotatable bonds is 4. The molecule has 2 heterocycles. The summed E-state index contributed by atoms with van der Waals surface area (Å²) >= 11 is 0. The molecule has 0 amide bonds. The summed E-state index contributed by atoms with van der Waals surface area (Å²) in [7, 11) is 0. The number of benzene rings is 6. The van der Waals surface area contributed by atoms with Gasteiger partial charge in [0.1, 0.15) is 11.2 Å². The lowest BCUT2D eigenvalue weighted by Crippen LogP contribution is -1.96. The Hall–Kier alpha value is -5.54. The first-order valence-corrected chi connectivity index (χ1v) is 13.8. The van der Waals surface area contributed by atoms with E-state index < -0.39 is 0 Å². The van der Waals surface area contributed by atoms with Crippen molar-refractivity contribution in [3.63, 3.8) is 0 Å². The van der Waals surface area contributed by atoms with Crippen LogP contribution in [0.2, 0.25) is 0 Å². The zero-order chi connectivity index (χ0) is 27.2. The highest BCUT2D eigenvalue weighted by atomic mass is 16.3. The molecule has 0 spiro atoms. The van der Waals surface area contributed by atoms with E-state index in [0.717, 1.165) is 60.8 Å². The topological polar surface area (TPSA) is 38.9 Å². The fraction of sp³-hybridized carbons (Fsp3) is 0. The Morgan fingerprint density at radius 1 is 0.415 bits per heavy atom. The van der Waals surface area contributed by atoms with Gasteiger partial charge in [-0.2, -0.15) is 0 Å². The Balaban J connectivity index is 1.38. The van der Waals surface area contributed by atoms with Crippen molar-refractivity contribution in [2.75, 3.05) is 0 Å². The zero-order valence-electron chi connectivity index (χ0n) is 22.2. The quantitative estimate of drug-likeness (QED) is 0.230. The van der Waals surface area contributed by atoms with Crippen LogP contribution in [0.1, 0.15) is 0 Å². The monoisotopic (exact) mass is 524 g/mol. The minimum Gasteiger partial charge on any atom is -0.456 e. The molecular weight excluding hydrogens is 500 g/mol. The van der Waals surface area contributed by atoms with Crippen LogP contribution in [0.3, 0.4) is 0 Å². The first-order valence-electron chi connectivity index (χ1n) is 13.8. The summed E-state index contributed by atoms with van der Waals surface area (Å²) in [5, 5.41) is 3.12. The molecular formula is C38H24N2O. The van der Waals surface area contributed by atoms with Crippen LogP contribution in [0.5, 0.6) is 0 Å². The summed E-state index contributed by atoms with van der Waals surface area (Å²) in [5.74, 6) is 0.682. The third-order valence-corrected chi connectivity index (χ3v) is 7.70. The molecule has 8 aromatic rings. The number of hydrogen-bond donors (Lipinski definition) is 0. The predicted octanol–water partition coefficient (Wildman–Crippen LogP) is 10.2. The van der Waals surface area contributed by atoms with Gasteiger partial charge in [-0.1, -0.05) is 121 Å². The molecule has 0 aliphatic heterocycles. The Bertz CT molecular complexity index is 2180. The molecule has 0 unspecified atom stereocenters. The maximum atomic E-state index is 6.42. The average molecular weight is 525 g/mol. The van der Waals surface area contributed by atoms with E-state index in [2.05, 4.69) is 91.0 Å².